The van der Waals surface area contributed by atoms with Gasteiger partial charge in [0.2, 0.25) is 5.91 Å². The highest BCUT2D eigenvalue weighted by Gasteiger charge is 2.04. The highest BCUT2D eigenvalue weighted by Crippen LogP contribution is 2.11. The Morgan fingerprint density at radius 1 is 1.27 bits per heavy atom. The maximum Gasteiger partial charge on any atom is 0.248 e. The van der Waals surface area contributed by atoms with Crippen molar-refractivity contribution in [2.24, 2.45) is 5.73 Å². The number of aryl methyl sites for hydroxylation is 2. The summed E-state index contributed by atoms with van der Waals surface area (Å²) in [7, 11) is 0. The number of Topliss-reactive ketones (excluding diaryl/α,β-unsaturated/α-hetero) is 1. The number of carbonyl (C=O) groups is 2. The van der Waals surface area contributed by atoms with Gasteiger partial charge in [-0.15, -0.1) is 0 Å². The molecule has 0 aliphatic carbocycles. The minimum atomic E-state index is -0.428. The summed E-state index contributed by atoms with van der Waals surface area (Å²) in [6.07, 6.45) is 1.17. The van der Waals surface area contributed by atoms with E-state index in [9.17, 15) is 9.59 Å². The molecule has 1 rings (SSSR count). The first kappa shape index (κ1) is 11.4. The topological polar surface area (TPSA) is 60.2 Å². The summed E-state index contributed by atoms with van der Waals surface area (Å²) in [5.41, 5.74) is 7.69. The third-order valence-electron chi connectivity index (χ3n) is 2.19. The molecule has 0 heterocycles. The molecule has 80 valence electrons. The van der Waals surface area contributed by atoms with Gasteiger partial charge in [0.1, 0.15) is 5.78 Å². The van der Waals surface area contributed by atoms with Crippen LogP contribution < -0.4 is 5.73 Å². The number of ketones is 1. The molecule has 0 spiro atoms. The molecule has 3 nitrogen and oxygen atoms in total. The fourth-order valence-corrected chi connectivity index (χ4v) is 1.47. The zero-order chi connectivity index (χ0) is 11.4. The third-order valence-corrected chi connectivity index (χ3v) is 2.19. The first-order valence-corrected chi connectivity index (χ1v) is 4.89. The molecule has 0 bridgehead atoms. The van der Waals surface area contributed by atoms with E-state index in [4.69, 9.17) is 5.73 Å². The molecule has 0 saturated heterocycles. The van der Waals surface area contributed by atoms with Gasteiger partial charge in [0.15, 0.2) is 0 Å². The average molecular weight is 205 g/mol. The van der Waals surface area contributed by atoms with Gasteiger partial charge >= 0.3 is 0 Å². The van der Waals surface area contributed by atoms with Crippen LogP contribution in [0.25, 0.3) is 0 Å². The largest absolute Gasteiger partial charge is 0.366 e. The van der Waals surface area contributed by atoms with Gasteiger partial charge in [-0.1, -0.05) is 11.6 Å². The van der Waals surface area contributed by atoms with Crippen LogP contribution in [0, 0.1) is 6.92 Å². The Kier molecular flexibility index (Phi) is 3.61. The molecule has 1 amide bonds. The summed E-state index contributed by atoms with van der Waals surface area (Å²) in [6.45, 7) is 3.47. The number of hydrogen-bond donors (Lipinski definition) is 1. The Balaban J connectivity index is 2.88. The number of hydrogen-bond acceptors (Lipinski definition) is 2. The second kappa shape index (κ2) is 4.73. The molecule has 0 saturated carbocycles. The van der Waals surface area contributed by atoms with E-state index in [0.717, 1.165) is 11.1 Å². The summed E-state index contributed by atoms with van der Waals surface area (Å²) in [5.74, 6) is -0.278. The molecule has 1 aromatic rings. The van der Waals surface area contributed by atoms with Crippen LogP contribution in [-0.4, -0.2) is 11.7 Å². The van der Waals surface area contributed by atoms with E-state index >= 15 is 0 Å². The van der Waals surface area contributed by atoms with Crippen LogP contribution in [0.1, 0.15) is 34.8 Å². The smallest absolute Gasteiger partial charge is 0.248 e. The predicted octanol–water partition coefficient (Wildman–Crippen LogP) is 1.62. The minimum absolute atomic E-state index is 0.150. The Bertz CT molecular complexity index is 397. The lowest BCUT2D eigenvalue weighted by Crippen LogP contribution is -2.11. The van der Waals surface area contributed by atoms with Crippen LogP contribution in [0.2, 0.25) is 0 Å². The zero-order valence-corrected chi connectivity index (χ0v) is 9.04. The maximum absolute atomic E-state index is 11.0. The lowest BCUT2D eigenvalue weighted by atomic mass is 10.0. The first-order valence-electron chi connectivity index (χ1n) is 4.89. The third kappa shape index (κ3) is 3.54. The normalized spacial score (nSPS) is 10.0. The summed E-state index contributed by atoms with van der Waals surface area (Å²) in [5, 5.41) is 0. The molecule has 15 heavy (non-hydrogen) atoms. The molecule has 2 N–H and O–H groups in total. The number of primary amides is 1. The van der Waals surface area contributed by atoms with Gasteiger partial charge in [0.25, 0.3) is 0 Å². The van der Waals surface area contributed by atoms with E-state index in [0.29, 0.717) is 18.4 Å². The molecule has 0 radical (unpaired) electrons. The minimum Gasteiger partial charge on any atom is -0.366 e. The lowest BCUT2D eigenvalue weighted by molar-refractivity contribution is -0.116. The summed E-state index contributed by atoms with van der Waals surface area (Å²) < 4.78 is 0. The van der Waals surface area contributed by atoms with Crippen molar-refractivity contribution >= 4 is 11.7 Å². The Morgan fingerprint density at radius 3 is 2.47 bits per heavy atom. The summed E-state index contributed by atoms with van der Waals surface area (Å²) in [6, 6.07) is 5.47. The van der Waals surface area contributed by atoms with Crippen LogP contribution in [-0.2, 0) is 11.2 Å². The molecule has 0 aliphatic heterocycles. The van der Waals surface area contributed by atoms with Crippen molar-refractivity contribution in [2.75, 3.05) is 0 Å². The van der Waals surface area contributed by atoms with Crippen LogP contribution in [0.3, 0.4) is 0 Å². The van der Waals surface area contributed by atoms with Crippen molar-refractivity contribution in [3.05, 3.63) is 34.9 Å². The van der Waals surface area contributed by atoms with Crippen molar-refractivity contribution in [1.29, 1.82) is 0 Å². The first-order chi connectivity index (χ1) is 6.99. The molecule has 1 aromatic carbocycles. The number of carbonyl (C=O) groups excluding carboxylic acids is 2. The number of nitrogens with two attached hydrogens (primary N) is 1. The molecular weight excluding hydrogens is 190 g/mol. The van der Waals surface area contributed by atoms with Gasteiger partial charge in [-0.2, -0.15) is 0 Å². The van der Waals surface area contributed by atoms with Crippen molar-refractivity contribution in [2.45, 2.75) is 26.7 Å². The molecule has 0 fully saturated rings. The predicted molar refractivity (Wildman–Crippen MR) is 58.7 cm³/mol. The fourth-order valence-electron chi connectivity index (χ4n) is 1.47. The van der Waals surface area contributed by atoms with Gasteiger partial charge in [-0.3, -0.25) is 4.79 Å². The molecular formula is C12H15NO2. The van der Waals surface area contributed by atoms with Crippen molar-refractivity contribution in [3.8, 4) is 0 Å². The Labute approximate surface area is 89.3 Å². The second-order valence-electron chi connectivity index (χ2n) is 3.77. The number of amides is 1. The van der Waals surface area contributed by atoms with E-state index < -0.39 is 5.91 Å². The molecule has 0 atom stereocenters. The summed E-state index contributed by atoms with van der Waals surface area (Å²) in [4.78, 5) is 21.8. The highest BCUT2D eigenvalue weighted by molar-refractivity contribution is 5.93. The van der Waals surface area contributed by atoms with Crippen molar-refractivity contribution in [1.82, 2.24) is 0 Å². The fraction of sp³-hybridized carbons (Fsp3) is 0.333. The molecule has 0 aliphatic rings. The van der Waals surface area contributed by atoms with Gasteiger partial charge in [-0.05, 0) is 38.0 Å². The van der Waals surface area contributed by atoms with Gasteiger partial charge in [0, 0.05) is 12.0 Å². The average Bonchev–Trinajstić information content (AvgIpc) is 2.13. The monoisotopic (exact) mass is 205 g/mol. The summed E-state index contributed by atoms with van der Waals surface area (Å²) >= 11 is 0. The lowest BCUT2D eigenvalue weighted by Gasteiger charge is -2.04. The van der Waals surface area contributed by atoms with E-state index in [1.54, 1.807) is 19.1 Å². The second-order valence-corrected chi connectivity index (χ2v) is 3.77. The van der Waals surface area contributed by atoms with Crippen molar-refractivity contribution < 1.29 is 9.59 Å². The van der Waals surface area contributed by atoms with Crippen molar-refractivity contribution in [3.63, 3.8) is 0 Å². The number of benzene rings is 1. The van der Waals surface area contributed by atoms with Gasteiger partial charge in [0.05, 0.1) is 0 Å². The van der Waals surface area contributed by atoms with Crippen LogP contribution in [0.5, 0.6) is 0 Å². The Hall–Kier alpha value is -1.64. The van der Waals surface area contributed by atoms with Crippen LogP contribution in [0.4, 0.5) is 0 Å². The number of rotatable bonds is 4. The van der Waals surface area contributed by atoms with E-state index in [-0.39, 0.29) is 5.78 Å². The van der Waals surface area contributed by atoms with Gasteiger partial charge < -0.3 is 10.5 Å². The standard InChI is InChI=1S/C12H15NO2/c1-8-5-10(4-3-9(2)14)7-11(6-8)12(13)15/h5-7H,3-4H2,1-2H3,(H2,13,15). The quantitative estimate of drug-likeness (QED) is 0.811. The molecule has 3 heteroatoms. The van der Waals surface area contributed by atoms with Gasteiger partial charge in [-0.25, -0.2) is 0 Å². The highest BCUT2D eigenvalue weighted by atomic mass is 16.1. The SMILES string of the molecule is CC(=O)CCc1cc(C)cc(C(N)=O)c1. The van der Waals surface area contributed by atoms with Crippen LogP contribution in [0.15, 0.2) is 18.2 Å². The van der Waals surface area contributed by atoms with E-state index in [1.807, 2.05) is 13.0 Å². The zero-order valence-electron chi connectivity index (χ0n) is 9.04. The maximum atomic E-state index is 11.0. The molecule has 0 aromatic heterocycles. The van der Waals surface area contributed by atoms with Crippen LogP contribution >= 0.6 is 0 Å². The van der Waals surface area contributed by atoms with E-state index in [1.165, 1.54) is 0 Å². The van der Waals surface area contributed by atoms with E-state index in [2.05, 4.69) is 0 Å². The molecule has 0 unspecified atom stereocenters. The Morgan fingerprint density at radius 2 is 1.93 bits per heavy atom.